The van der Waals surface area contributed by atoms with E-state index in [1.807, 2.05) is 13.8 Å². The molecule has 0 aliphatic heterocycles. The van der Waals surface area contributed by atoms with Gasteiger partial charge in [-0.1, -0.05) is 32.0 Å². The van der Waals surface area contributed by atoms with Crippen molar-refractivity contribution in [1.29, 1.82) is 0 Å². The summed E-state index contributed by atoms with van der Waals surface area (Å²) < 4.78 is 0. The van der Waals surface area contributed by atoms with Gasteiger partial charge in [0.1, 0.15) is 5.75 Å². The number of phenols is 1. The van der Waals surface area contributed by atoms with E-state index in [0.717, 1.165) is 0 Å². The minimum absolute atomic E-state index is 0.107. The van der Waals surface area contributed by atoms with Crippen LogP contribution in [0.2, 0.25) is 0 Å². The van der Waals surface area contributed by atoms with Crippen LogP contribution in [0.3, 0.4) is 0 Å². The Morgan fingerprint density at radius 1 is 1.41 bits per heavy atom. The first kappa shape index (κ1) is 13.8. The molecule has 0 spiro atoms. The minimum atomic E-state index is -0.115. The monoisotopic (exact) mass is 255 g/mol. The molecule has 0 unspecified atom stereocenters. The lowest BCUT2D eigenvalue weighted by atomic mass is 9.96. The minimum Gasteiger partial charge on any atom is -0.508 e. The summed E-state index contributed by atoms with van der Waals surface area (Å²) in [5.74, 6) is 0.535. The van der Waals surface area contributed by atoms with Gasteiger partial charge in [-0.15, -0.1) is 11.6 Å². The third-order valence-corrected chi connectivity index (χ3v) is 3.19. The fraction of sp³-hybridized carbons (Fsp3) is 0.462. The molecule has 1 rings (SSSR count). The molecule has 0 aliphatic rings. The molecule has 1 amide bonds. The van der Waals surface area contributed by atoms with Gasteiger partial charge < -0.3 is 10.4 Å². The summed E-state index contributed by atoms with van der Waals surface area (Å²) in [6.07, 6.45) is 0.186. The average Bonchev–Trinajstić information content (AvgIpc) is 2.30. The molecule has 94 valence electrons. The van der Waals surface area contributed by atoms with Gasteiger partial charge in [-0.3, -0.25) is 4.79 Å². The van der Waals surface area contributed by atoms with Crippen molar-refractivity contribution < 1.29 is 9.90 Å². The summed E-state index contributed by atoms with van der Waals surface area (Å²) in [5.41, 5.74) is 0.518. The second-order valence-electron chi connectivity index (χ2n) is 4.88. The van der Waals surface area contributed by atoms with Gasteiger partial charge in [-0.25, -0.2) is 0 Å². The lowest BCUT2D eigenvalue weighted by Gasteiger charge is -2.21. The molecule has 0 bridgehead atoms. The van der Waals surface area contributed by atoms with E-state index in [9.17, 15) is 9.90 Å². The van der Waals surface area contributed by atoms with E-state index < -0.39 is 0 Å². The molecule has 17 heavy (non-hydrogen) atoms. The highest BCUT2D eigenvalue weighted by molar-refractivity contribution is 6.18. The fourth-order valence-corrected chi connectivity index (χ4v) is 1.38. The first-order valence-electron chi connectivity index (χ1n) is 5.54. The van der Waals surface area contributed by atoms with Gasteiger partial charge in [0.2, 0.25) is 5.91 Å². The van der Waals surface area contributed by atoms with E-state index in [-0.39, 0.29) is 23.5 Å². The van der Waals surface area contributed by atoms with Crippen molar-refractivity contribution in [2.24, 2.45) is 5.41 Å². The highest BCUT2D eigenvalue weighted by Gasteiger charge is 2.17. The Morgan fingerprint density at radius 3 is 2.65 bits per heavy atom. The molecule has 0 aliphatic carbocycles. The van der Waals surface area contributed by atoms with Gasteiger partial charge in [0.15, 0.2) is 0 Å². The van der Waals surface area contributed by atoms with E-state index in [1.165, 1.54) is 0 Å². The lowest BCUT2D eigenvalue weighted by Crippen LogP contribution is -2.35. The number of phenolic OH excluding ortho intramolecular Hbond substituents is 1. The standard InChI is InChI=1S/C13H18ClNO2/c1-13(2,8-14)9-15-12(17)7-10-5-3-4-6-11(10)16/h3-6,16H,7-9H2,1-2H3,(H,15,17). The summed E-state index contributed by atoms with van der Waals surface area (Å²) >= 11 is 5.77. The van der Waals surface area contributed by atoms with Crippen LogP contribution in [-0.4, -0.2) is 23.4 Å². The maximum absolute atomic E-state index is 11.7. The predicted molar refractivity (Wildman–Crippen MR) is 69.3 cm³/mol. The molecule has 1 aromatic rings. The van der Waals surface area contributed by atoms with E-state index in [0.29, 0.717) is 18.0 Å². The first-order valence-corrected chi connectivity index (χ1v) is 6.07. The van der Waals surface area contributed by atoms with Crippen LogP contribution in [0.5, 0.6) is 5.75 Å². The summed E-state index contributed by atoms with van der Waals surface area (Å²) in [5, 5.41) is 12.3. The predicted octanol–water partition coefficient (Wildman–Crippen LogP) is 2.32. The van der Waals surface area contributed by atoms with E-state index >= 15 is 0 Å². The fourth-order valence-electron chi connectivity index (χ4n) is 1.28. The highest BCUT2D eigenvalue weighted by Crippen LogP contribution is 2.17. The highest BCUT2D eigenvalue weighted by atomic mass is 35.5. The van der Waals surface area contributed by atoms with Crippen molar-refractivity contribution >= 4 is 17.5 Å². The number of para-hydroxylation sites is 1. The van der Waals surface area contributed by atoms with Gasteiger partial charge in [0, 0.05) is 18.0 Å². The number of hydrogen-bond donors (Lipinski definition) is 2. The van der Waals surface area contributed by atoms with E-state index in [1.54, 1.807) is 24.3 Å². The molecule has 0 heterocycles. The Labute approximate surface area is 107 Å². The Bertz CT molecular complexity index is 391. The van der Waals surface area contributed by atoms with Crippen LogP contribution in [0.1, 0.15) is 19.4 Å². The summed E-state index contributed by atoms with van der Waals surface area (Å²) in [4.78, 5) is 11.7. The second-order valence-corrected chi connectivity index (χ2v) is 5.15. The number of alkyl halides is 1. The molecule has 0 atom stereocenters. The van der Waals surface area contributed by atoms with Gasteiger partial charge in [-0.05, 0) is 11.5 Å². The maximum atomic E-state index is 11.7. The maximum Gasteiger partial charge on any atom is 0.224 e. The smallest absolute Gasteiger partial charge is 0.224 e. The van der Waals surface area contributed by atoms with Crippen molar-refractivity contribution in [2.75, 3.05) is 12.4 Å². The number of carbonyl (C=O) groups is 1. The third kappa shape index (κ3) is 4.65. The lowest BCUT2D eigenvalue weighted by molar-refractivity contribution is -0.120. The number of rotatable bonds is 5. The average molecular weight is 256 g/mol. The number of benzene rings is 1. The molecule has 1 aromatic carbocycles. The number of nitrogens with one attached hydrogen (secondary N) is 1. The summed E-state index contributed by atoms with van der Waals surface area (Å²) in [6.45, 7) is 4.50. The SMILES string of the molecule is CC(C)(CCl)CNC(=O)Cc1ccccc1O. The molecule has 4 heteroatoms. The Balaban J connectivity index is 2.48. The zero-order chi connectivity index (χ0) is 12.9. The third-order valence-electron chi connectivity index (χ3n) is 2.47. The van der Waals surface area contributed by atoms with Crippen molar-refractivity contribution in [3.8, 4) is 5.75 Å². The Kier molecular flexibility index (Phi) is 4.82. The summed E-state index contributed by atoms with van der Waals surface area (Å²) in [6, 6.07) is 6.84. The molecule has 0 saturated heterocycles. The van der Waals surface area contributed by atoms with Crippen molar-refractivity contribution in [3.05, 3.63) is 29.8 Å². The van der Waals surface area contributed by atoms with Gasteiger partial charge in [0.05, 0.1) is 6.42 Å². The van der Waals surface area contributed by atoms with Gasteiger partial charge >= 0.3 is 0 Å². The number of halogens is 1. The van der Waals surface area contributed by atoms with Crippen molar-refractivity contribution in [2.45, 2.75) is 20.3 Å². The quantitative estimate of drug-likeness (QED) is 0.794. The Hall–Kier alpha value is -1.22. The van der Waals surface area contributed by atoms with Crippen molar-refractivity contribution in [3.63, 3.8) is 0 Å². The second kappa shape index (κ2) is 5.92. The van der Waals surface area contributed by atoms with E-state index in [4.69, 9.17) is 11.6 Å². The van der Waals surface area contributed by atoms with Crippen LogP contribution in [0, 0.1) is 5.41 Å². The molecule has 3 nitrogen and oxygen atoms in total. The Morgan fingerprint density at radius 2 is 2.06 bits per heavy atom. The molecule has 0 saturated carbocycles. The number of aromatic hydroxyl groups is 1. The molecule has 0 aromatic heterocycles. The zero-order valence-corrected chi connectivity index (χ0v) is 10.9. The van der Waals surface area contributed by atoms with Crippen LogP contribution in [0.25, 0.3) is 0 Å². The molecule has 0 radical (unpaired) electrons. The van der Waals surface area contributed by atoms with Crippen LogP contribution < -0.4 is 5.32 Å². The van der Waals surface area contributed by atoms with E-state index in [2.05, 4.69) is 5.32 Å². The molecule has 0 fully saturated rings. The largest absolute Gasteiger partial charge is 0.508 e. The molecular weight excluding hydrogens is 238 g/mol. The van der Waals surface area contributed by atoms with Crippen LogP contribution in [0.4, 0.5) is 0 Å². The summed E-state index contributed by atoms with van der Waals surface area (Å²) in [7, 11) is 0. The van der Waals surface area contributed by atoms with Crippen LogP contribution in [-0.2, 0) is 11.2 Å². The topological polar surface area (TPSA) is 49.3 Å². The zero-order valence-electron chi connectivity index (χ0n) is 10.2. The normalized spacial score (nSPS) is 11.2. The van der Waals surface area contributed by atoms with Crippen LogP contribution >= 0.6 is 11.6 Å². The van der Waals surface area contributed by atoms with Gasteiger partial charge in [0.25, 0.3) is 0 Å². The van der Waals surface area contributed by atoms with Crippen LogP contribution in [0.15, 0.2) is 24.3 Å². The van der Waals surface area contributed by atoms with Gasteiger partial charge in [-0.2, -0.15) is 0 Å². The number of hydrogen-bond acceptors (Lipinski definition) is 2. The number of carbonyl (C=O) groups excluding carboxylic acids is 1. The van der Waals surface area contributed by atoms with Crippen molar-refractivity contribution in [1.82, 2.24) is 5.32 Å². The molecule has 2 N–H and O–H groups in total. The number of amides is 1. The molecular formula is C13H18ClNO2. The first-order chi connectivity index (χ1) is 7.94.